The minimum absolute atomic E-state index is 0.140. The van der Waals surface area contributed by atoms with Gasteiger partial charge in [0.25, 0.3) is 11.8 Å². The molecule has 2 amide bonds. The number of carbonyl (C=O) groups excluding carboxylic acids is 2. The van der Waals surface area contributed by atoms with Gasteiger partial charge in [0, 0.05) is 5.56 Å². The van der Waals surface area contributed by atoms with Gasteiger partial charge < -0.3 is 0 Å². The van der Waals surface area contributed by atoms with Gasteiger partial charge in [-0.05, 0) is 29.0 Å². The molecule has 1 saturated heterocycles. The molecule has 2 fully saturated rings. The first-order valence-corrected chi connectivity index (χ1v) is 8.32. The zero-order valence-electron chi connectivity index (χ0n) is 13.0. The van der Waals surface area contributed by atoms with Crippen molar-refractivity contribution in [2.75, 3.05) is 0 Å². The summed E-state index contributed by atoms with van der Waals surface area (Å²) in [5, 5.41) is 7.54. The van der Waals surface area contributed by atoms with E-state index in [0.29, 0.717) is 0 Å². The van der Waals surface area contributed by atoms with E-state index < -0.39 is 0 Å². The molecule has 2 aromatic rings. The van der Waals surface area contributed by atoms with Crippen LogP contribution in [0, 0.1) is 23.7 Å². The number of imide groups is 1. The lowest BCUT2D eigenvalue weighted by molar-refractivity contribution is -0.140. The number of hydrogen-bond acceptors (Lipinski definition) is 3. The van der Waals surface area contributed by atoms with Crippen LogP contribution in [0.1, 0.15) is 12.0 Å². The number of amides is 2. The number of hydrogen-bond donors (Lipinski definition) is 0. The van der Waals surface area contributed by atoms with Gasteiger partial charge in [-0.1, -0.05) is 54.6 Å². The summed E-state index contributed by atoms with van der Waals surface area (Å²) >= 11 is 0. The highest BCUT2D eigenvalue weighted by Crippen LogP contribution is 2.52. The van der Waals surface area contributed by atoms with E-state index in [2.05, 4.69) is 17.3 Å². The predicted molar refractivity (Wildman–Crippen MR) is 91.1 cm³/mol. The van der Waals surface area contributed by atoms with Gasteiger partial charge >= 0.3 is 0 Å². The number of rotatable bonds is 2. The number of nitrogens with zero attached hydrogens (tertiary/aromatic N) is 2. The van der Waals surface area contributed by atoms with E-state index >= 15 is 0 Å². The minimum Gasteiger partial charge on any atom is -0.272 e. The molecule has 3 aliphatic rings. The van der Waals surface area contributed by atoms with E-state index in [1.807, 2.05) is 42.5 Å². The van der Waals surface area contributed by atoms with Crippen LogP contribution in [0.4, 0.5) is 0 Å². The van der Waals surface area contributed by atoms with E-state index in [1.54, 1.807) is 6.21 Å². The first-order chi connectivity index (χ1) is 11.7. The standard InChI is InChI=1S/C20H16N2O2/c23-19-17-13-8-9-14(10-13)18(17)20(24)22(19)21-11-15-6-3-5-12-4-1-2-7-16(12)15/h1-9,11,13-14,17-18H,10H2/b21-11-/t13-,14-,17+,18+/m0/s1. The maximum atomic E-state index is 12.6. The third kappa shape index (κ3) is 1.77. The Morgan fingerprint density at radius 2 is 1.58 bits per heavy atom. The van der Waals surface area contributed by atoms with Gasteiger partial charge in [0.1, 0.15) is 0 Å². The number of carbonyl (C=O) groups is 2. The summed E-state index contributed by atoms with van der Waals surface area (Å²) in [4.78, 5) is 25.3. The Morgan fingerprint density at radius 3 is 2.33 bits per heavy atom. The zero-order chi connectivity index (χ0) is 16.3. The van der Waals surface area contributed by atoms with Gasteiger partial charge in [0.15, 0.2) is 0 Å². The molecule has 0 unspecified atom stereocenters. The third-order valence-electron chi connectivity index (χ3n) is 5.58. The van der Waals surface area contributed by atoms with Gasteiger partial charge in [-0.2, -0.15) is 10.1 Å². The minimum atomic E-state index is -0.197. The van der Waals surface area contributed by atoms with Crippen molar-refractivity contribution < 1.29 is 9.59 Å². The SMILES string of the molecule is O=C1[C@H]2[C@H](C(=O)N1/N=C\c1cccc3ccccc13)[C@H]1C=C[C@H]2C1. The molecule has 24 heavy (non-hydrogen) atoms. The Bertz CT molecular complexity index is 895. The summed E-state index contributed by atoms with van der Waals surface area (Å²) in [7, 11) is 0. The van der Waals surface area contributed by atoms with Gasteiger partial charge in [-0.25, -0.2) is 0 Å². The topological polar surface area (TPSA) is 49.7 Å². The van der Waals surface area contributed by atoms with Crippen molar-refractivity contribution >= 4 is 28.8 Å². The summed E-state index contributed by atoms with van der Waals surface area (Å²) in [6.45, 7) is 0. The zero-order valence-corrected chi connectivity index (χ0v) is 13.0. The van der Waals surface area contributed by atoms with Crippen molar-refractivity contribution in [1.82, 2.24) is 5.01 Å². The largest absolute Gasteiger partial charge is 0.272 e. The highest BCUT2D eigenvalue weighted by molar-refractivity contribution is 6.07. The Morgan fingerprint density at radius 1 is 0.917 bits per heavy atom. The summed E-state index contributed by atoms with van der Waals surface area (Å²) in [5.74, 6) is -0.241. The molecule has 2 bridgehead atoms. The summed E-state index contributed by atoms with van der Waals surface area (Å²) in [6, 6.07) is 13.9. The van der Waals surface area contributed by atoms with Crippen LogP contribution in [0.2, 0.25) is 0 Å². The van der Waals surface area contributed by atoms with Crippen molar-refractivity contribution in [3.05, 3.63) is 60.2 Å². The van der Waals surface area contributed by atoms with E-state index in [1.165, 1.54) is 0 Å². The lowest BCUT2D eigenvalue weighted by Gasteiger charge is -2.13. The fourth-order valence-corrected chi connectivity index (χ4v) is 4.48. The average molecular weight is 316 g/mol. The van der Waals surface area contributed by atoms with Crippen LogP contribution < -0.4 is 0 Å². The van der Waals surface area contributed by atoms with Crippen molar-refractivity contribution in [3.63, 3.8) is 0 Å². The second-order valence-corrected chi connectivity index (χ2v) is 6.80. The van der Waals surface area contributed by atoms with Crippen LogP contribution >= 0.6 is 0 Å². The first-order valence-electron chi connectivity index (χ1n) is 8.32. The molecule has 5 rings (SSSR count). The van der Waals surface area contributed by atoms with E-state index in [0.717, 1.165) is 27.8 Å². The fraction of sp³-hybridized carbons (Fsp3) is 0.250. The van der Waals surface area contributed by atoms with Crippen LogP contribution in [0.3, 0.4) is 0 Å². The first kappa shape index (κ1) is 13.7. The third-order valence-corrected chi connectivity index (χ3v) is 5.58. The Hall–Kier alpha value is -2.75. The second kappa shape index (κ2) is 4.87. The molecule has 0 N–H and O–H groups in total. The lowest BCUT2D eigenvalue weighted by Crippen LogP contribution is -2.28. The van der Waals surface area contributed by atoms with Crippen LogP contribution in [0.15, 0.2) is 59.7 Å². The molecule has 1 saturated carbocycles. The van der Waals surface area contributed by atoms with Crippen molar-refractivity contribution in [3.8, 4) is 0 Å². The van der Waals surface area contributed by atoms with Gasteiger partial charge in [-0.15, -0.1) is 0 Å². The van der Waals surface area contributed by atoms with E-state index in [-0.39, 0.29) is 35.5 Å². The summed E-state index contributed by atoms with van der Waals surface area (Å²) in [5.41, 5.74) is 0.909. The number of fused-ring (bicyclic) bond motifs is 6. The molecule has 1 heterocycles. The maximum absolute atomic E-state index is 12.6. The molecule has 2 aliphatic carbocycles. The number of hydrazone groups is 1. The molecular weight excluding hydrogens is 300 g/mol. The molecule has 2 aromatic carbocycles. The molecule has 4 heteroatoms. The van der Waals surface area contributed by atoms with Gasteiger partial charge in [0.2, 0.25) is 0 Å². The molecule has 0 aromatic heterocycles. The van der Waals surface area contributed by atoms with E-state index in [9.17, 15) is 9.59 Å². The van der Waals surface area contributed by atoms with Crippen LogP contribution in [0.25, 0.3) is 10.8 Å². The van der Waals surface area contributed by atoms with Crippen LogP contribution in [0.5, 0.6) is 0 Å². The molecule has 4 atom stereocenters. The smallest absolute Gasteiger partial charge is 0.254 e. The maximum Gasteiger partial charge on any atom is 0.254 e. The normalized spacial score (nSPS) is 30.9. The van der Waals surface area contributed by atoms with Gasteiger partial charge in [0.05, 0.1) is 18.1 Å². The molecule has 0 spiro atoms. The lowest BCUT2D eigenvalue weighted by atomic mass is 9.85. The Kier molecular flexibility index (Phi) is 2.77. The van der Waals surface area contributed by atoms with Crippen molar-refractivity contribution in [1.29, 1.82) is 0 Å². The monoisotopic (exact) mass is 316 g/mol. The molecule has 4 nitrogen and oxygen atoms in total. The van der Waals surface area contributed by atoms with Crippen LogP contribution in [-0.4, -0.2) is 23.0 Å². The molecular formula is C20H16N2O2. The van der Waals surface area contributed by atoms with E-state index in [4.69, 9.17) is 0 Å². The average Bonchev–Trinajstić information content (AvgIpc) is 3.28. The van der Waals surface area contributed by atoms with Crippen molar-refractivity contribution in [2.24, 2.45) is 28.8 Å². The van der Waals surface area contributed by atoms with Gasteiger partial charge in [-0.3, -0.25) is 9.59 Å². The summed E-state index contributed by atoms with van der Waals surface area (Å²) < 4.78 is 0. The van der Waals surface area contributed by atoms with Crippen molar-refractivity contribution in [2.45, 2.75) is 6.42 Å². The quantitative estimate of drug-likeness (QED) is 0.486. The highest BCUT2D eigenvalue weighted by Gasteiger charge is 2.59. The van der Waals surface area contributed by atoms with Crippen LogP contribution in [-0.2, 0) is 9.59 Å². The molecule has 1 aliphatic heterocycles. The molecule has 118 valence electrons. The number of allylic oxidation sites excluding steroid dienone is 2. The number of benzene rings is 2. The second-order valence-electron chi connectivity index (χ2n) is 6.80. The fourth-order valence-electron chi connectivity index (χ4n) is 4.48. The Balaban J connectivity index is 1.49. The summed E-state index contributed by atoms with van der Waals surface area (Å²) in [6.07, 6.45) is 6.76. The predicted octanol–water partition coefficient (Wildman–Crippen LogP) is 2.98. The highest BCUT2D eigenvalue weighted by atomic mass is 16.2. The Labute approximate surface area is 139 Å². The molecule has 0 radical (unpaired) electrons.